The van der Waals surface area contributed by atoms with Crippen LogP contribution in [-0.4, -0.2) is 41.5 Å². The summed E-state index contributed by atoms with van der Waals surface area (Å²) in [6.07, 6.45) is -4.56. The highest BCUT2D eigenvalue weighted by atomic mass is 19.4. The minimum Gasteiger partial charge on any atom is -0.462 e. The van der Waals surface area contributed by atoms with Crippen LogP contribution in [0.4, 0.5) is 13.2 Å². The molecule has 3 rings (SSSR count). The van der Waals surface area contributed by atoms with Crippen molar-refractivity contribution < 1.29 is 27.5 Å². The second-order valence-corrected chi connectivity index (χ2v) is 6.37. The molecule has 1 aromatic carbocycles. The van der Waals surface area contributed by atoms with Crippen LogP contribution in [0.15, 0.2) is 42.5 Å². The average Bonchev–Trinajstić information content (AvgIpc) is 2.59. The van der Waals surface area contributed by atoms with Gasteiger partial charge in [-0.25, -0.2) is 9.78 Å². The van der Waals surface area contributed by atoms with Crippen molar-refractivity contribution in [2.24, 2.45) is 5.92 Å². The van der Waals surface area contributed by atoms with Gasteiger partial charge in [0.1, 0.15) is 5.69 Å². The largest absolute Gasteiger partial charge is 0.462 e. The third-order valence-electron chi connectivity index (χ3n) is 4.31. The normalized spacial score (nSPS) is 14.6. The first-order valence-corrected chi connectivity index (χ1v) is 8.32. The average molecular weight is 378 g/mol. The predicted molar refractivity (Wildman–Crippen MR) is 90.1 cm³/mol. The Morgan fingerprint density at radius 1 is 1.15 bits per heavy atom. The first-order valence-electron chi connectivity index (χ1n) is 8.32. The van der Waals surface area contributed by atoms with E-state index in [1.165, 1.54) is 6.92 Å². The summed E-state index contributed by atoms with van der Waals surface area (Å²) in [5.41, 5.74) is -0.492. The number of aromatic nitrogens is 1. The van der Waals surface area contributed by atoms with Gasteiger partial charge in [0, 0.05) is 24.6 Å². The van der Waals surface area contributed by atoms with E-state index in [-0.39, 0.29) is 29.7 Å². The fourth-order valence-electron chi connectivity index (χ4n) is 2.81. The number of nitrogens with zero attached hydrogens (tertiary/aromatic N) is 2. The SMILES string of the molecule is Cc1nc(C(F)(F)F)ccc1C(=O)OCC1CN(C(=O)c2ccccc2)C1. The maximum Gasteiger partial charge on any atom is 0.433 e. The predicted octanol–water partition coefficient (Wildman–Crippen LogP) is 3.34. The molecule has 5 nitrogen and oxygen atoms in total. The van der Waals surface area contributed by atoms with Gasteiger partial charge in [-0.3, -0.25) is 4.79 Å². The van der Waals surface area contributed by atoms with Gasteiger partial charge in [-0.15, -0.1) is 0 Å². The summed E-state index contributed by atoms with van der Waals surface area (Å²) in [6, 6.07) is 10.7. The summed E-state index contributed by atoms with van der Waals surface area (Å²) in [7, 11) is 0. The van der Waals surface area contributed by atoms with E-state index in [0.29, 0.717) is 18.7 Å². The van der Waals surface area contributed by atoms with Crippen LogP contribution >= 0.6 is 0 Å². The van der Waals surface area contributed by atoms with Gasteiger partial charge in [-0.2, -0.15) is 13.2 Å². The Balaban J connectivity index is 1.50. The lowest BCUT2D eigenvalue weighted by atomic mass is 10.00. The molecule has 0 spiro atoms. The van der Waals surface area contributed by atoms with Crippen molar-refractivity contribution >= 4 is 11.9 Å². The van der Waals surface area contributed by atoms with E-state index in [2.05, 4.69) is 4.98 Å². The van der Waals surface area contributed by atoms with E-state index >= 15 is 0 Å². The zero-order valence-corrected chi connectivity index (χ0v) is 14.5. The maximum atomic E-state index is 12.6. The highest BCUT2D eigenvalue weighted by Gasteiger charge is 2.34. The zero-order valence-electron chi connectivity index (χ0n) is 14.5. The number of hydrogen-bond donors (Lipinski definition) is 0. The lowest BCUT2D eigenvalue weighted by molar-refractivity contribution is -0.141. The Hall–Kier alpha value is -2.90. The van der Waals surface area contributed by atoms with Gasteiger partial charge in [-0.1, -0.05) is 18.2 Å². The number of likely N-dealkylation sites (tertiary alicyclic amines) is 1. The number of amides is 1. The summed E-state index contributed by atoms with van der Waals surface area (Å²) < 4.78 is 43.0. The third kappa shape index (κ3) is 4.27. The van der Waals surface area contributed by atoms with Crippen LogP contribution in [0.25, 0.3) is 0 Å². The maximum absolute atomic E-state index is 12.6. The quantitative estimate of drug-likeness (QED) is 0.766. The molecule has 1 amide bonds. The molecular formula is C19H17F3N2O3. The minimum atomic E-state index is -4.56. The van der Waals surface area contributed by atoms with Gasteiger partial charge in [0.05, 0.1) is 17.9 Å². The summed E-state index contributed by atoms with van der Waals surface area (Å²) in [4.78, 5) is 29.4. The molecule has 0 atom stereocenters. The fraction of sp³-hybridized carbons (Fsp3) is 0.316. The van der Waals surface area contributed by atoms with Crippen molar-refractivity contribution in [3.05, 3.63) is 65.0 Å². The van der Waals surface area contributed by atoms with Gasteiger partial charge in [0.2, 0.25) is 0 Å². The van der Waals surface area contributed by atoms with Gasteiger partial charge < -0.3 is 9.64 Å². The van der Waals surface area contributed by atoms with Gasteiger partial charge in [0.15, 0.2) is 0 Å². The number of carbonyl (C=O) groups excluding carboxylic acids is 2. The molecular weight excluding hydrogens is 361 g/mol. The number of benzene rings is 1. The second kappa shape index (κ2) is 7.38. The molecule has 27 heavy (non-hydrogen) atoms. The number of rotatable bonds is 4. The van der Waals surface area contributed by atoms with E-state index in [4.69, 9.17) is 4.74 Å². The Morgan fingerprint density at radius 3 is 2.41 bits per heavy atom. The van der Waals surface area contributed by atoms with E-state index in [0.717, 1.165) is 12.1 Å². The number of ether oxygens (including phenoxy) is 1. The number of aryl methyl sites for hydroxylation is 1. The van der Waals surface area contributed by atoms with Crippen molar-refractivity contribution in [2.45, 2.75) is 13.1 Å². The molecule has 1 aliphatic rings. The van der Waals surface area contributed by atoms with Crippen LogP contribution in [0.2, 0.25) is 0 Å². The number of alkyl halides is 3. The summed E-state index contributed by atoms with van der Waals surface area (Å²) in [5.74, 6) is -0.799. The lowest BCUT2D eigenvalue weighted by Crippen LogP contribution is -2.51. The molecule has 0 saturated carbocycles. The topological polar surface area (TPSA) is 59.5 Å². The Labute approximate surface area is 153 Å². The van der Waals surface area contributed by atoms with E-state index in [1.807, 2.05) is 6.07 Å². The summed E-state index contributed by atoms with van der Waals surface area (Å²) in [5, 5.41) is 0. The standard InChI is InChI=1S/C19H17F3N2O3/c1-12-15(7-8-16(23-12)19(20,21)22)18(26)27-11-13-9-24(10-13)17(25)14-5-3-2-4-6-14/h2-8,13H,9-11H2,1H3. The molecule has 0 bridgehead atoms. The van der Waals surface area contributed by atoms with E-state index < -0.39 is 17.8 Å². The van der Waals surface area contributed by atoms with Crippen LogP contribution in [0, 0.1) is 12.8 Å². The Morgan fingerprint density at radius 2 is 1.81 bits per heavy atom. The number of esters is 1. The first-order chi connectivity index (χ1) is 12.8. The molecule has 142 valence electrons. The van der Waals surface area contributed by atoms with Crippen LogP contribution in [0.5, 0.6) is 0 Å². The van der Waals surface area contributed by atoms with Crippen LogP contribution in [0.1, 0.15) is 32.1 Å². The number of pyridine rings is 1. The lowest BCUT2D eigenvalue weighted by Gasteiger charge is -2.38. The van der Waals surface area contributed by atoms with Crippen molar-refractivity contribution in [2.75, 3.05) is 19.7 Å². The molecule has 2 heterocycles. The van der Waals surface area contributed by atoms with Crippen molar-refractivity contribution in [1.29, 1.82) is 0 Å². The first kappa shape index (κ1) is 18.9. The molecule has 1 fully saturated rings. The third-order valence-corrected chi connectivity index (χ3v) is 4.31. The summed E-state index contributed by atoms with van der Waals surface area (Å²) in [6.45, 7) is 2.35. The highest BCUT2D eigenvalue weighted by molar-refractivity contribution is 5.94. The fourth-order valence-corrected chi connectivity index (χ4v) is 2.81. The molecule has 0 N–H and O–H groups in total. The zero-order chi connectivity index (χ0) is 19.6. The molecule has 1 aliphatic heterocycles. The molecule has 1 aromatic heterocycles. The smallest absolute Gasteiger partial charge is 0.433 e. The minimum absolute atomic E-state index is 0.000425. The van der Waals surface area contributed by atoms with Gasteiger partial charge in [0.25, 0.3) is 5.91 Å². The second-order valence-electron chi connectivity index (χ2n) is 6.37. The molecule has 8 heteroatoms. The van der Waals surface area contributed by atoms with Gasteiger partial charge >= 0.3 is 12.1 Å². The Bertz CT molecular complexity index is 847. The number of halogens is 3. The van der Waals surface area contributed by atoms with E-state index in [9.17, 15) is 22.8 Å². The van der Waals surface area contributed by atoms with Crippen LogP contribution in [-0.2, 0) is 10.9 Å². The Kier molecular flexibility index (Phi) is 5.16. The van der Waals surface area contributed by atoms with Crippen molar-refractivity contribution in [3.63, 3.8) is 0 Å². The number of carbonyl (C=O) groups is 2. The van der Waals surface area contributed by atoms with Crippen molar-refractivity contribution in [3.8, 4) is 0 Å². The highest BCUT2D eigenvalue weighted by Crippen LogP contribution is 2.28. The molecule has 0 unspecified atom stereocenters. The number of hydrogen-bond acceptors (Lipinski definition) is 4. The van der Waals surface area contributed by atoms with Gasteiger partial charge in [-0.05, 0) is 31.2 Å². The van der Waals surface area contributed by atoms with E-state index in [1.54, 1.807) is 29.2 Å². The van der Waals surface area contributed by atoms with Crippen molar-refractivity contribution in [1.82, 2.24) is 9.88 Å². The van der Waals surface area contributed by atoms with Crippen LogP contribution < -0.4 is 0 Å². The molecule has 2 aromatic rings. The molecule has 0 aliphatic carbocycles. The van der Waals surface area contributed by atoms with Crippen LogP contribution in [0.3, 0.4) is 0 Å². The molecule has 0 radical (unpaired) electrons. The monoisotopic (exact) mass is 378 g/mol. The molecule has 1 saturated heterocycles. The summed E-state index contributed by atoms with van der Waals surface area (Å²) >= 11 is 0.